The van der Waals surface area contributed by atoms with Crippen molar-refractivity contribution < 1.29 is 0 Å². The van der Waals surface area contributed by atoms with Gasteiger partial charge in [-0.05, 0) is 63.9 Å². The van der Waals surface area contributed by atoms with E-state index in [0.29, 0.717) is 0 Å². The standard InChI is InChI=1S/C52H32N4S2/c1-3-14-31(15-4-1)47-49-46(40-21-9-11-24-43(40)53-47)42-30-33(26-29-45(42)58-49)34-27-28-39(36-19-8-7-18-35(34)36)51-54-50(32-16-5-2-6-17-32)55-52(56-51)41-23-13-22-38-37-20-10-12-25-44(37)57-48(38)41/h1-30,50H,(H,54,55,56). The Balaban J connectivity index is 1.04. The summed E-state index contributed by atoms with van der Waals surface area (Å²) in [5.74, 6) is 1.55. The van der Waals surface area contributed by atoms with Crippen LogP contribution in [0.4, 0.5) is 0 Å². The zero-order valence-corrected chi connectivity index (χ0v) is 32.7. The summed E-state index contributed by atoms with van der Waals surface area (Å²) < 4.78 is 4.96. The van der Waals surface area contributed by atoms with E-state index in [1.165, 1.54) is 56.9 Å². The lowest BCUT2D eigenvalue weighted by Gasteiger charge is -2.24. The van der Waals surface area contributed by atoms with E-state index in [9.17, 15) is 0 Å². The maximum atomic E-state index is 5.36. The van der Waals surface area contributed by atoms with Crippen LogP contribution in [0.5, 0.6) is 0 Å². The van der Waals surface area contributed by atoms with E-state index in [0.717, 1.165) is 55.9 Å². The lowest BCUT2D eigenvalue weighted by molar-refractivity contribution is 0.675. The van der Waals surface area contributed by atoms with Crippen molar-refractivity contribution in [2.75, 3.05) is 0 Å². The largest absolute Gasteiger partial charge is 0.344 e. The lowest BCUT2D eigenvalue weighted by atomic mass is 9.93. The van der Waals surface area contributed by atoms with Crippen LogP contribution in [0.25, 0.3) is 84.4 Å². The Morgan fingerprint density at radius 2 is 1.10 bits per heavy atom. The number of thiophene rings is 2. The number of para-hydroxylation sites is 1. The second-order valence-electron chi connectivity index (χ2n) is 14.7. The van der Waals surface area contributed by atoms with Crippen LogP contribution in [-0.4, -0.2) is 16.7 Å². The van der Waals surface area contributed by atoms with Crippen LogP contribution in [0.3, 0.4) is 0 Å². The zero-order chi connectivity index (χ0) is 38.2. The van der Waals surface area contributed by atoms with Gasteiger partial charge in [0.25, 0.3) is 0 Å². The summed E-state index contributed by atoms with van der Waals surface area (Å²) in [6, 6.07) is 64.8. The Kier molecular flexibility index (Phi) is 7.61. The predicted octanol–water partition coefficient (Wildman–Crippen LogP) is 14.0. The fourth-order valence-electron chi connectivity index (χ4n) is 8.64. The highest BCUT2D eigenvalue weighted by Gasteiger charge is 2.25. The van der Waals surface area contributed by atoms with Crippen LogP contribution in [0, 0.1) is 0 Å². The molecule has 12 rings (SSSR count). The number of aromatic nitrogens is 1. The number of hydrogen-bond acceptors (Lipinski definition) is 6. The summed E-state index contributed by atoms with van der Waals surface area (Å²) in [7, 11) is 0. The van der Waals surface area contributed by atoms with Gasteiger partial charge in [-0.25, -0.2) is 15.0 Å². The molecule has 0 saturated carbocycles. The minimum Gasteiger partial charge on any atom is -0.344 e. The van der Waals surface area contributed by atoms with E-state index in [1.54, 1.807) is 0 Å². The van der Waals surface area contributed by atoms with E-state index >= 15 is 0 Å². The average molecular weight is 777 g/mol. The zero-order valence-electron chi connectivity index (χ0n) is 31.1. The molecule has 6 heteroatoms. The molecular weight excluding hydrogens is 745 g/mol. The molecule has 4 heterocycles. The molecule has 0 saturated heterocycles. The molecule has 58 heavy (non-hydrogen) atoms. The van der Waals surface area contributed by atoms with E-state index in [2.05, 4.69) is 181 Å². The predicted molar refractivity (Wildman–Crippen MR) is 248 cm³/mol. The van der Waals surface area contributed by atoms with Gasteiger partial charge in [0.1, 0.15) is 12.0 Å². The average Bonchev–Trinajstić information content (AvgIpc) is 3.88. The smallest absolute Gasteiger partial charge is 0.160 e. The summed E-state index contributed by atoms with van der Waals surface area (Å²) in [6.45, 7) is 0. The monoisotopic (exact) mass is 776 g/mol. The molecule has 1 aliphatic heterocycles. The van der Waals surface area contributed by atoms with E-state index < -0.39 is 0 Å². The highest BCUT2D eigenvalue weighted by molar-refractivity contribution is 7.26. The topological polar surface area (TPSA) is 49.6 Å². The first-order chi connectivity index (χ1) is 28.7. The minimum absolute atomic E-state index is 0.300. The van der Waals surface area contributed by atoms with Gasteiger partial charge in [-0.15, -0.1) is 22.7 Å². The summed E-state index contributed by atoms with van der Waals surface area (Å²) in [5.41, 5.74) is 8.71. The number of nitrogens with one attached hydrogen (secondary N) is 1. The van der Waals surface area contributed by atoms with Gasteiger partial charge >= 0.3 is 0 Å². The van der Waals surface area contributed by atoms with Gasteiger partial charge in [-0.1, -0.05) is 146 Å². The molecular formula is C52H32N4S2. The Morgan fingerprint density at radius 1 is 0.448 bits per heavy atom. The van der Waals surface area contributed by atoms with Crippen molar-refractivity contribution in [3.8, 4) is 22.4 Å². The van der Waals surface area contributed by atoms with Gasteiger partial charge in [0.05, 0.1) is 15.9 Å². The molecule has 8 aromatic carbocycles. The van der Waals surface area contributed by atoms with Gasteiger partial charge < -0.3 is 5.32 Å². The van der Waals surface area contributed by atoms with Crippen LogP contribution in [0.1, 0.15) is 22.9 Å². The highest BCUT2D eigenvalue weighted by atomic mass is 32.1. The first-order valence-corrected chi connectivity index (χ1v) is 21.1. The Labute approximate surface area is 342 Å². The van der Waals surface area contributed by atoms with Crippen molar-refractivity contribution in [1.82, 2.24) is 10.3 Å². The fraction of sp³-hybridized carbons (Fsp3) is 0.0192. The molecule has 0 amide bonds. The van der Waals surface area contributed by atoms with Crippen molar-refractivity contribution in [2.24, 2.45) is 9.98 Å². The normalized spacial score (nSPS) is 14.4. The number of fused-ring (bicyclic) bond motifs is 9. The van der Waals surface area contributed by atoms with Gasteiger partial charge in [-0.2, -0.15) is 0 Å². The van der Waals surface area contributed by atoms with Crippen molar-refractivity contribution in [3.05, 3.63) is 199 Å². The summed E-state index contributed by atoms with van der Waals surface area (Å²) >= 11 is 3.64. The Morgan fingerprint density at radius 3 is 1.95 bits per heavy atom. The van der Waals surface area contributed by atoms with Crippen LogP contribution < -0.4 is 5.32 Å². The van der Waals surface area contributed by atoms with Crippen molar-refractivity contribution in [3.63, 3.8) is 0 Å². The third kappa shape index (κ3) is 5.30. The van der Waals surface area contributed by atoms with Crippen LogP contribution in [0.15, 0.2) is 192 Å². The van der Waals surface area contributed by atoms with Crippen molar-refractivity contribution in [1.29, 1.82) is 0 Å². The second-order valence-corrected chi connectivity index (χ2v) is 16.8. The molecule has 3 aromatic heterocycles. The molecule has 4 nitrogen and oxygen atoms in total. The van der Waals surface area contributed by atoms with E-state index in [1.807, 2.05) is 28.7 Å². The Hall–Kier alpha value is -6.99. The van der Waals surface area contributed by atoms with Gasteiger partial charge in [0.15, 0.2) is 5.84 Å². The maximum Gasteiger partial charge on any atom is 0.160 e. The molecule has 1 unspecified atom stereocenters. The summed E-state index contributed by atoms with van der Waals surface area (Å²) in [5, 5.41) is 12.2. The molecule has 1 N–H and O–H groups in total. The first-order valence-electron chi connectivity index (χ1n) is 19.5. The molecule has 1 aliphatic rings. The molecule has 0 bridgehead atoms. The summed E-state index contributed by atoms with van der Waals surface area (Å²) in [6.07, 6.45) is -0.300. The molecule has 0 spiro atoms. The molecule has 0 aliphatic carbocycles. The Bertz CT molecular complexity index is 3490. The van der Waals surface area contributed by atoms with Gasteiger partial charge in [0.2, 0.25) is 0 Å². The number of benzene rings is 8. The number of rotatable bonds is 5. The lowest BCUT2D eigenvalue weighted by Crippen LogP contribution is -2.33. The van der Waals surface area contributed by atoms with Gasteiger partial charge in [0, 0.05) is 57.7 Å². The highest BCUT2D eigenvalue weighted by Crippen LogP contribution is 2.45. The van der Waals surface area contributed by atoms with Crippen LogP contribution in [-0.2, 0) is 0 Å². The number of aliphatic imine (C=N–C) groups is 2. The number of hydrogen-bond donors (Lipinski definition) is 1. The second kappa shape index (κ2) is 13.3. The number of pyridine rings is 1. The summed E-state index contributed by atoms with van der Waals surface area (Å²) in [4.78, 5) is 15.9. The fourth-order valence-corrected chi connectivity index (χ4v) is 11.1. The molecule has 0 radical (unpaired) electrons. The number of amidine groups is 2. The SMILES string of the molecule is c1ccc(-c2nc3ccccc3c3c2sc2ccc(-c4ccc(C5=NC(c6ccccc6)NC(c6cccc7c6sc6ccccc67)=N5)c5ccccc45)cc23)cc1. The third-order valence-corrected chi connectivity index (χ3v) is 13.7. The van der Waals surface area contributed by atoms with E-state index in [-0.39, 0.29) is 6.17 Å². The third-order valence-electron chi connectivity index (χ3n) is 11.3. The first kappa shape index (κ1) is 33.2. The van der Waals surface area contributed by atoms with Crippen LogP contribution in [0.2, 0.25) is 0 Å². The van der Waals surface area contributed by atoms with Crippen molar-refractivity contribution >= 4 is 96.4 Å². The van der Waals surface area contributed by atoms with Crippen molar-refractivity contribution in [2.45, 2.75) is 6.17 Å². The maximum absolute atomic E-state index is 5.36. The van der Waals surface area contributed by atoms with E-state index in [4.69, 9.17) is 15.0 Å². The number of nitrogens with zero attached hydrogens (tertiary/aromatic N) is 3. The van der Waals surface area contributed by atoms with Gasteiger partial charge in [-0.3, -0.25) is 0 Å². The molecule has 1 atom stereocenters. The molecule has 272 valence electrons. The molecule has 0 fully saturated rings. The molecule has 11 aromatic rings. The quantitative estimate of drug-likeness (QED) is 0.189. The van der Waals surface area contributed by atoms with Crippen LogP contribution >= 0.6 is 22.7 Å². The minimum atomic E-state index is -0.300.